The van der Waals surface area contributed by atoms with E-state index >= 15 is 0 Å². The van der Waals surface area contributed by atoms with Crippen molar-refractivity contribution in [3.8, 4) is 0 Å². The van der Waals surface area contributed by atoms with Crippen molar-refractivity contribution in [1.29, 1.82) is 0 Å². The maximum atomic E-state index is 13.3. The Hall–Kier alpha value is -2.88. The van der Waals surface area contributed by atoms with Gasteiger partial charge in [0.25, 0.3) is 0 Å². The van der Waals surface area contributed by atoms with Crippen molar-refractivity contribution in [1.82, 2.24) is 19.5 Å². The molecule has 2 N–H and O–H groups in total. The van der Waals surface area contributed by atoms with E-state index in [0.717, 1.165) is 16.5 Å². The van der Waals surface area contributed by atoms with E-state index in [1.807, 2.05) is 30.5 Å². The third-order valence-corrected chi connectivity index (χ3v) is 7.94. The van der Waals surface area contributed by atoms with E-state index < -0.39 is 16.1 Å². The molecule has 2 heterocycles. The number of halogens is 1. The summed E-state index contributed by atoms with van der Waals surface area (Å²) in [5.74, 6) is -0.517. The van der Waals surface area contributed by atoms with E-state index in [-0.39, 0.29) is 42.9 Å². The zero-order valence-corrected chi connectivity index (χ0v) is 19.7. The fourth-order valence-electron chi connectivity index (χ4n) is 4.09. The number of carbonyl (C=O) groups is 2. The molecule has 0 unspecified atom stereocenters. The summed E-state index contributed by atoms with van der Waals surface area (Å²) in [6.45, 7) is 2.23. The van der Waals surface area contributed by atoms with Crippen molar-refractivity contribution in [2.24, 2.45) is 0 Å². The Morgan fingerprint density at radius 3 is 2.39 bits per heavy atom. The highest BCUT2D eigenvalue weighted by Crippen LogP contribution is 2.22. The van der Waals surface area contributed by atoms with Crippen LogP contribution in [-0.4, -0.2) is 66.6 Å². The monoisotopic (exact) mass is 488 g/mol. The lowest BCUT2D eigenvalue weighted by Crippen LogP contribution is -2.56. The van der Waals surface area contributed by atoms with E-state index in [9.17, 15) is 18.0 Å². The molecule has 1 aliphatic heterocycles. The van der Waals surface area contributed by atoms with Crippen molar-refractivity contribution in [2.75, 3.05) is 26.2 Å². The number of benzene rings is 2. The molecule has 0 bridgehead atoms. The number of piperazine rings is 1. The normalized spacial score (nSPS) is 16.0. The van der Waals surface area contributed by atoms with E-state index in [1.165, 1.54) is 35.5 Å². The Kier molecular flexibility index (Phi) is 6.73. The summed E-state index contributed by atoms with van der Waals surface area (Å²) < 4.78 is 27.2. The number of amides is 2. The van der Waals surface area contributed by atoms with Crippen LogP contribution in [0.1, 0.15) is 12.5 Å². The van der Waals surface area contributed by atoms with Gasteiger partial charge in [-0.2, -0.15) is 4.31 Å². The van der Waals surface area contributed by atoms with Crippen molar-refractivity contribution in [2.45, 2.75) is 24.3 Å². The maximum absolute atomic E-state index is 13.3. The first-order valence-electron chi connectivity index (χ1n) is 10.6. The molecule has 0 aliphatic carbocycles. The largest absolute Gasteiger partial charge is 0.361 e. The number of aromatic nitrogens is 1. The predicted molar refractivity (Wildman–Crippen MR) is 126 cm³/mol. The van der Waals surface area contributed by atoms with Crippen LogP contribution in [0.2, 0.25) is 5.02 Å². The minimum atomic E-state index is -3.67. The lowest BCUT2D eigenvalue weighted by Gasteiger charge is -2.35. The first-order chi connectivity index (χ1) is 15.8. The smallest absolute Gasteiger partial charge is 0.245 e. The number of fused-ring (bicyclic) bond motifs is 1. The standard InChI is InChI=1S/C23H25ClN4O4S/c1-16(29)26-22(14-17-15-25-21-5-3-2-4-20(17)21)23(30)27-10-12-28(13-11-27)33(31,32)19-8-6-18(24)7-9-19/h2-9,15,22,25H,10-14H2,1H3,(H,26,29)/t22-/m1/s1. The molecular formula is C23H25ClN4O4S. The quantitative estimate of drug-likeness (QED) is 0.556. The van der Waals surface area contributed by atoms with Gasteiger partial charge in [0, 0.05) is 61.6 Å². The van der Waals surface area contributed by atoms with E-state index in [1.54, 1.807) is 4.90 Å². The zero-order chi connectivity index (χ0) is 23.6. The molecule has 33 heavy (non-hydrogen) atoms. The third kappa shape index (κ3) is 5.05. The highest BCUT2D eigenvalue weighted by molar-refractivity contribution is 7.89. The van der Waals surface area contributed by atoms with E-state index in [2.05, 4.69) is 10.3 Å². The number of para-hydroxylation sites is 1. The van der Waals surface area contributed by atoms with Crippen LogP contribution in [-0.2, 0) is 26.0 Å². The molecule has 3 aromatic rings. The third-order valence-electron chi connectivity index (χ3n) is 5.78. The first kappa shape index (κ1) is 23.3. The van der Waals surface area contributed by atoms with Gasteiger partial charge in [-0.3, -0.25) is 9.59 Å². The number of sulfonamides is 1. The first-order valence-corrected chi connectivity index (χ1v) is 12.4. The number of rotatable bonds is 6. The topological polar surface area (TPSA) is 103 Å². The Labute approximate surface area is 197 Å². The van der Waals surface area contributed by atoms with Crippen molar-refractivity contribution < 1.29 is 18.0 Å². The molecule has 1 atom stereocenters. The van der Waals surface area contributed by atoms with Crippen LogP contribution in [0.5, 0.6) is 0 Å². The number of carbonyl (C=O) groups excluding carboxylic acids is 2. The number of hydrogen-bond acceptors (Lipinski definition) is 4. The molecule has 1 aromatic heterocycles. The SMILES string of the molecule is CC(=O)N[C@H](Cc1c[nH]c2ccccc12)C(=O)N1CCN(S(=O)(=O)c2ccc(Cl)cc2)CC1. The molecule has 2 amide bonds. The van der Waals surface area contributed by atoms with Gasteiger partial charge in [-0.05, 0) is 35.9 Å². The lowest BCUT2D eigenvalue weighted by molar-refractivity contribution is -0.137. The lowest BCUT2D eigenvalue weighted by atomic mass is 10.0. The van der Waals surface area contributed by atoms with Gasteiger partial charge in [-0.25, -0.2) is 8.42 Å². The van der Waals surface area contributed by atoms with Crippen molar-refractivity contribution >= 4 is 44.3 Å². The summed E-state index contributed by atoms with van der Waals surface area (Å²) in [5.41, 5.74) is 1.89. The summed E-state index contributed by atoms with van der Waals surface area (Å²) in [6.07, 6.45) is 2.19. The second-order valence-corrected chi connectivity index (χ2v) is 10.4. The highest BCUT2D eigenvalue weighted by Gasteiger charge is 2.33. The number of nitrogens with zero attached hydrogens (tertiary/aromatic N) is 2. The minimum absolute atomic E-state index is 0.169. The van der Waals surface area contributed by atoms with Crippen LogP contribution in [0.15, 0.2) is 59.6 Å². The summed E-state index contributed by atoms with van der Waals surface area (Å²) in [6, 6.07) is 13.1. The number of aromatic amines is 1. The van der Waals surface area contributed by atoms with E-state index in [4.69, 9.17) is 11.6 Å². The summed E-state index contributed by atoms with van der Waals surface area (Å²) in [5, 5.41) is 4.23. The van der Waals surface area contributed by atoms with Crippen LogP contribution in [0.3, 0.4) is 0 Å². The predicted octanol–water partition coefficient (Wildman–Crippen LogP) is 2.40. The van der Waals surface area contributed by atoms with Gasteiger partial charge >= 0.3 is 0 Å². The molecule has 10 heteroatoms. The zero-order valence-electron chi connectivity index (χ0n) is 18.1. The Bertz CT molecular complexity index is 1270. The molecule has 0 saturated carbocycles. The van der Waals surface area contributed by atoms with Gasteiger partial charge in [0.15, 0.2) is 0 Å². The fourth-order valence-corrected chi connectivity index (χ4v) is 5.64. The second kappa shape index (κ2) is 9.54. The van der Waals surface area contributed by atoms with Crippen molar-refractivity contribution in [3.63, 3.8) is 0 Å². The number of nitrogens with one attached hydrogen (secondary N) is 2. The molecule has 4 rings (SSSR count). The van der Waals surface area contributed by atoms with Crippen molar-refractivity contribution in [3.05, 3.63) is 65.3 Å². The Balaban J connectivity index is 1.46. The van der Waals surface area contributed by atoms with Gasteiger partial charge in [0.1, 0.15) is 6.04 Å². The van der Waals surface area contributed by atoms with Crippen LogP contribution in [0, 0.1) is 0 Å². The molecule has 8 nitrogen and oxygen atoms in total. The van der Waals surface area contributed by atoms with E-state index in [0.29, 0.717) is 11.4 Å². The van der Waals surface area contributed by atoms with Gasteiger partial charge < -0.3 is 15.2 Å². The number of hydrogen-bond donors (Lipinski definition) is 2. The summed E-state index contributed by atoms with van der Waals surface area (Å²) >= 11 is 5.87. The van der Waals surface area contributed by atoms with Gasteiger partial charge in [-0.15, -0.1) is 0 Å². The molecule has 0 spiro atoms. The molecule has 0 radical (unpaired) electrons. The van der Waals surface area contributed by atoms with Crippen LogP contribution < -0.4 is 5.32 Å². The van der Waals surface area contributed by atoms with Crippen LogP contribution in [0.25, 0.3) is 10.9 Å². The number of H-pyrrole nitrogens is 1. The average molecular weight is 489 g/mol. The van der Waals surface area contributed by atoms with Gasteiger partial charge in [-0.1, -0.05) is 29.8 Å². The molecule has 1 aliphatic rings. The molecule has 1 saturated heterocycles. The Morgan fingerprint density at radius 1 is 1.06 bits per heavy atom. The summed E-state index contributed by atoms with van der Waals surface area (Å²) in [7, 11) is -3.67. The second-order valence-electron chi connectivity index (χ2n) is 8.00. The van der Waals surface area contributed by atoms with Crippen LogP contribution >= 0.6 is 11.6 Å². The average Bonchev–Trinajstić information content (AvgIpc) is 3.21. The minimum Gasteiger partial charge on any atom is -0.361 e. The molecular weight excluding hydrogens is 464 g/mol. The maximum Gasteiger partial charge on any atom is 0.245 e. The molecule has 2 aromatic carbocycles. The highest BCUT2D eigenvalue weighted by atomic mass is 35.5. The van der Waals surface area contributed by atoms with Crippen LogP contribution in [0.4, 0.5) is 0 Å². The summed E-state index contributed by atoms with van der Waals surface area (Å²) in [4.78, 5) is 30.1. The Morgan fingerprint density at radius 2 is 1.73 bits per heavy atom. The van der Waals surface area contributed by atoms with Gasteiger partial charge in [0.05, 0.1) is 4.90 Å². The molecule has 174 valence electrons. The molecule has 1 fully saturated rings. The van der Waals surface area contributed by atoms with Gasteiger partial charge in [0.2, 0.25) is 21.8 Å². The fraction of sp³-hybridized carbons (Fsp3) is 0.304.